The smallest absolute Gasteiger partial charge is 0.127 e. The summed E-state index contributed by atoms with van der Waals surface area (Å²) in [5, 5.41) is 0. The van der Waals surface area contributed by atoms with Crippen LogP contribution in [0.2, 0.25) is 0 Å². The number of benzene rings is 1. The summed E-state index contributed by atoms with van der Waals surface area (Å²) < 4.78 is 0. The molecular weight excluding hydrogens is 222 g/mol. The lowest BCUT2D eigenvalue weighted by atomic mass is 9.95. The molecule has 1 aliphatic heterocycles. The van der Waals surface area contributed by atoms with E-state index in [4.69, 9.17) is 0 Å². The highest BCUT2D eigenvalue weighted by atomic mass is 16.1. The normalized spacial score (nSPS) is 21.7. The molecule has 1 aliphatic carbocycles. The maximum atomic E-state index is 11.2. The van der Waals surface area contributed by atoms with Gasteiger partial charge in [-0.05, 0) is 55.7 Å². The van der Waals surface area contributed by atoms with E-state index in [9.17, 15) is 4.79 Å². The largest absolute Gasteiger partial charge is 0.372 e. The number of anilines is 1. The summed E-state index contributed by atoms with van der Waals surface area (Å²) in [6.45, 7) is 2.36. The molecule has 1 aromatic rings. The topological polar surface area (TPSA) is 20.3 Å². The Bertz CT molecular complexity index is 402. The van der Waals surface area contributed by atoms with E-state index in [0.717, 1.165) is 6.29 Å². The SMILES string of the molecule is O=CC(c1ccc(N2CCCCC2)cc1)C1CC1. The van der Waals surface area contributed by atoms with E-state index in [1.807, 2.05) is 0 Å². The van der Waals surface area contributed by atoms with Gasteiger partial charge in [0, 0.05) is 24.7 Å². The number of carbonyl (C=O) groups is 1. The Morgan fingerprint density at radius 1 is 1.06 bits per heavy atom. The standard InChI is InChI=1S/C16H21NO/c18-12-16(13-4-5-13)14-6-8-15(9-7-14)17-10-2-1-3-11-17/h6-9,12-13,16H,1-5,10-11H2. The number of nitrogens with zero attached hydrogens (tertiary/aromatic N) is 1. The van der Waals surface area contributed by atoms with Gasteiger partial charge in [-0.15, -0.1) is 0 Å². The fraction of sp³-hybridized carbons (Fsp3) is 0.562. The molecule has 96 valence electrons. The van der Waals surface area contributed by atoms with E-state index in [2.05, 4.69) is 29.2 Å². The third-order valence-corrected chi connectivity index (χ3v) is 4.28. The third-order valence-electron chi connectivity index (χ3n) is 4.28. The summed E-state index contributed by atoms with van der Waals surface area (Å²) in [5.41, 5.74) is 2.52. The van der Waals surface area contributed by atoms with Crippen molar-refractivity contribution >= 4 is 12.0 Å². The zero-order valence-corrected chi connectivity index (χ0v) is 10.8. The zero-order chi connectivity index (χ0) is 12.4. The summed E-state index contributed by atoms with van der Waals surface area (Å²) in [6, 6.07) is 8.70. The van der Waals surface area contributed by atoms with Crippen LogP contribution in [0.3, 0.4) is 0 Å². The number of hydrogen-bond donors (Lipinski definition) is 0. The van der Waals surface area contributed by atoms with Gasteiger partial charge in [0.1, 0.15) is 6.29 Å². The van der Waals surface area contributed by atoms with Crippen molar-refractivity contribution in [1.82, 2.24) is 0 Å². The van der Waals surface area contributed by atoms with Gasteiger partial charge in [-0.3, -0.25) is 0 Å². The Labute approximate surface area is 109 Å². The van der Waals surface area contributed by atoms with Gasteiger partial charge >= 0.3 is 0 Å². The molecule has 1 aromatic carbocycles. The maximum Gasteiger partial charge on any atom is 0.127 e. The van der Waals surface area contributed by atoms with Crippen LogP contribution in [0, 0.1) is 5.92 Å². The van der Waals surface area contributed by atoms with Gasteiger partial charge in [0.15, 0.2) is 0 Å². The van der Waals surface area contributed by atoms with Crippen molar-refractivity contribution in [1.29, 1.82) is 0 Å². The van der Waals surface area contributed by atoms with E-state index in [0.29, 0.717) is 5.92 Å². The van der Waals surface area contributed by atoms with Crippen LogP contribution in [0.4, 0.5) is 5.69 Å². The first kappa shape index (κ1) is 11.8. The monoisotopic (exact) mass is 243 g/mol. The lowest BCUT2D eigenvalue weighted by Crippen LogP contribution is -2.29. The van der Waals surface area contributed by atoms with Gasteiger partial charge in [0.05, 0.1) is 0 Å². The van der Waals surface area contributed by atoms with Crippen molar-refractivity contribution in [3.05, 3.63) is 29.8 Å². The minimum atomic E-state index is 0.139. The molecule has 0 aromatic heterocycles. The molecule has 1 saturated carbocycles. The highest BCUT2D eigenvalue weighted by Crippen LogP contribution is 2.41. The first-order valence-corrected chi connectivity index (χ1v) is 7.18. The quantitative estimate of drug-likeness (QED) is 0.756. The second-order valence-corrected chi connectivity index (χ2v) is 5.64. The van der Waals surface area contributed by atoms with Crippen LogP contribution in [0.15, 0.2) is 24.3 Å². The van der Waals surface area contributed by atoms with E-state index >= 15 is 0 Å². The van der Waals surface area contributed by atoms with Crippen molar-refractivity contribution in [2.24, 2.45) is 5.92 Å². The van der Waals surface area contributed by atoms with Gasteiger partial charge in [0.2, 0.25) is 0 Å². The summed E-state index contributed by atoms with van der Waals surface area (Å²) in [7, 11) is 0. The second-order valence-electron chi connectivity index (χ2n) is 5.64. The highest BCUT2D eigenvalue weighted by molar-refractivity contribution is 5.64. The molecule has 3 rings (SSSR count). The first-order valence-electron chi connectivity index (χ1n) is 7.18. The van der Waals surface area contributed by atoms with Crippen LogP contribution in [-0.2, 0) is 4.79 Å². The van der Waals surface area contributed by atoms with Crippen LogP contribution >= 0.6 is 0 Å². The fourth-order valence-electron chi connectivity index (χ4n) is 2.98. The summed E-state index contributed by atoms with van der Waals surface area (Å²) in [5.74, 6) is 0.753. The molecule has 2 nitrogen and oxygen atoms in total. The molecule has 2 heteroatoms. The van der Waals surface area contributed by atoms with Crippen LogP contribution < -0.4 is 4.90 Å². The van der Waals surface area contributed by atoms with Crippen LogP contribution in [0.25, 0.3) is 0 Å². The van der Waals surface area contributed by atoms with Crippen molar-refractivity contribution in [2.45, 2.75) is 38.0 Å². The molecule has 0 spiro atoms. The Morgan fingerprint density at radius 2 is 1.72 bits per heavy atom. The molecule has 1 heterocycles. The number of hydrogen-bond acceptors (Lipinski definition) is 2. The number of rotatable bonds is 4. The average molecular weight is 243 g/mol. The molecular formula is C16H21NO. The Hall–Kier alpha value is -1.31. The van der Waals surface area contributed by atoms with Crippen molar-refractivity contribution in [2.75, 3.05) is 18.0 Å². The van der Waals surface area contributed by atoms with Gasteiger partial charge in [0.25, 0.3) is 0 Å². The molecule has 0 radical (unpaired) electrons. The van der Waals surface area contributed by atoms with Crippen LogP contribution in [-0.4, -0.2) is 19.4 Å². The van der Waals surface area contributed by atoms with E-state index in [1.165, 1.54) is 56.4 Å². The average Bonchev–Trinajstić information content (AvgIpc) is 3.26. The first-order chi connectivity index (χ1) is 8.88. The van der Waals surface area contributed by atoms with Crippen molar-refractivity contribution in [3.63, 3.8) is 0 Å². The summed E-state index contributed by atoms with van der Waals surface area (Å²) in [6.07, 6.45) is 7.55. The van der Waals surface area contributed by atoms with Gasteiger partial charge < -0.3 is 9.69 Å². The Kier molecular flexibility index (Phi) is 3.35. The van der Waals surface area contributed by atoms with E-state index in [1.54, 1.807) is 0 Å². The fourth-order valence-corrected chi connectivity index (χ4v) is 2.98. The van der Waals surface area contributed by atoms with Crippen LogP contribution in [0.1, 0.15) is 43.6 Å². The summed E-state index contributed by atoms with van der Waals surface area (Å²) in [4.78, 5) is 13.6. The molecule has 2 fully saturated rings. The van der Waals surface area contributed by atoms with E-state index < -0.39 is 0 Å². The molecule has 0 N–H and O–H groups in total. The zero-order valence-electron chi connectivity index (χ0n) is 10.8. The molecule has 1 atom stereocenters. The van der Waals surface area contributed by atoms with Gasteiger partial charge in [-0.1, -0.05) is 12.1 Å². The molecule has 18 heavy (non-hydrogen) atoms. The van der Waals surface area contributed by atoms with Crippen molar-refractivity contribution in [3.8, 4) is 0 Å². The van der Waals surface area contributed by atoms with E-state index in [-0.39, 0.29) is 5.92 Å². The minimum absolute atomic E-state index is 0.139. The highest BCUT2D eigenvalue weighted by Gasteiger charge is 2.31. The minimum Gasteiger partial charge on any atom is -0.372 e. The second kappa shape index (κ2) is 5.13. The van der Waals surface area contributed by atoms with Gasteiger partial charge in [-0.2, -0.15) is 0 Å². The summed E-state index contributed by atoms with van der Waals surface area (Å²) >= 11 is 0. The predicted octanol–water partition coefficient (Wildman–Crippen LogP) is 3.37. The molecule has 2 aliphatic rings. The number of piperidine rings is 1. The molecule has 0 bridgehead atoms. The predicted molar refractivity (Wildman–Crippen MR) is 74.0 cm³/mol. The molecule has 1 saturated heterocycles. The lowest BCUT2D eigenvalue weighted by Gasteiger charge is -2.29. The molecule has 1 unspecified atom stereocenters. The lowest BCUT2D eigenvalue weighted by molar-refractivity contribution is -0.109. The number of aldehydes is 1. The Morgan fingerprint density at radius 3 is 2.28 bits per heavy atom. The molecule has 0 amide bonds. The van der Waals surface area contributed by atoms with Gasteiger partial charge in [-0.25, -0.2) is 0 Å². The van der Waals surface area contributed by atoms with Crippen molar-refractivity contribution < 1.29 is 4.79 Å². The number of carbonyl (C=O) groups excluding carboxylic acids is 1. The third kappa shape index (κ3) is 2.43. The van der Waals surface area contributed by atoms with Crippen LogP contribution in [0.5, 0.6) is 0 Å². The Balaban J connectivity index is 1.73. The maximum absolute atomic E-state index is 11.2.